The summed E-state index contributed by atoms with van der Waals surface area (Å²) in [5.74, 6) is 0.753. The van der Waals surface area contributed by atoms with Gasteiger partial charge in [0, 0.05) is 5.02 Å². The van der Waals surface area contributed by atoms with Crippen LogP contribution in [-0.4, -0.2) is 19.2 Å². The molecule has 0 atom stereocenters. The first-order valence-electron chi connectivity index (χ1n) is 9.11. The molecule has 0 radical (unpaired) electrons. The van der Waals surface area contributed by atoms with Gasteiger partial charge in [0.15, 0.2) is 11.5 Å². The fourth-order valence-corrected chi connectivity index (χ4v) is 3.12. The molecule has 0 saturated heterocycles. The summed E-state index contributed by atoms with van der Waals surface area (Å²) >= 11 is 11.9. The summed E-state index contributed by atoms with van der Waals surface area (Å²) < 4.78 is 11.3. The summed E-state index contributed by atoms with van der Waals surface area (Å²) in [5.41, 5.74) is 5.73. The van der Waals surface area contributed by atoms with Crippen molar-refractivity contribution in [3.8, 4) is 11.5 Å². The summed E-state index contributed by atoms with van der Waals surface area (Å²) in [6.45, 7) is 2.47. The summed E-state index contributed by atoms with van der Waals surface area (Å²) in [6.07, 6.45) is 1.51. The molecule has 0 bridgehead atoms. The van der Waals surface area contributed by atoms with E-state index in [1.54, 1.807) is 31.4 Å². The summed E-state index contributed by atoms with van der Waals surface area (Å²) in [7, 11) is 1.57. The molecule has 0 aliphatic rings. The van der Waals surface area contributed by atoms with Gasteiger partial charge in [-0.15, -0.1) is 0 Å². The van der Waals surface area contributed by atoms with Crippen molar-refractivity contribution in [2.45, 2.75) is 13.5 Å². The largest absolute Gasteiger partial charge is 0.493 e. The number of methoxy groups -OCH3 is 1. The van der Waals surface area contributed by atoms with Crippen molar-refractivity contribution in [2.24, 2.45) is 5.10 Å². The van der Waals surface area contributed by atoms with E-state index >= 15 is 0 Å². The number of carbonyl (C=O) groups is 1. The number of hydrogen-bond donors (Lipinski definition) is 1. The van der Waals surface area contributed by atoms with E-state index in [0.29, 0.717) is 23.1 Å². The fourth-order valence-electron chi connectivity index (χ4n) is 2.63. The van der Waals surface area contributed by atoms with Crippen LogP contribution in [0.4, 0.5) is 0 Å². The minimum atomic E-state index is -0.432. The third-order valence-electron chi connectivity index (χ3n) is 4.26. The Morgan fingerprint density at radius 2 is 1.80 bits per heavy atom. The number of nitrogens with one attached hydrogen (secondary N) is 1. The van der Waals surface area contributed by atoms with E-state index in [1.165, 1.54) is 17.8 Å². The van der Waals surface area contributed by atoms with Crippen LogP contribution in [0.5, 0.6) is 11.5 Å². The molecule has 0 aliphatic heterocycles. The average Bonchev–Trinajstić information content (AvgIpc) is 2.73. The second-order valence-electron chi connectivity index (χ2n) is 6.51. The number of carbonyl (C=O) groups excluding carboxylic acids is 1. The van der Waals surface area contributed by atoms with Gasteiger partial charge in [0.2, 0.25) is 0 Å². The van der Waals surface area contributed by atoms with E-state index < -0.39 is 5.91 Å². The number of nitrogens with zero attached hydrogens (tertiary/aromatic N) is 1. The Balaban J connectivity index is 1.63. The summed E-state index contributed by atoms with van der Waals surface area (Å²) in [5, 5.41) is 4.69. The molecule has 0 spiro atoms. The van der Waals surface area contributed by atoms with E-state index in [9.17, 15) is 4.79 Å². The summed E-state index contributed by atoms with van der Waals surface area (Å²) in [4.78, 5) is 12.2. The van der Waals surface area contributed by atoms with Crippen LogP contribution in [0.2, 0.25) is 10.0 Å². The number of aryl methyl sites for hydroxylation is 1. The van der Waals surface area contributed by atoms with E-state index in [2.05, 4.69) is 10.5 Å². The van der Waals surface area contributed by atoms with E-state index in [1.807, 2.05) is 37.3 Å². The van der Waals surface area contributed by atoms with Crippen LogP contribution in [0.1, 0.15) is 27.0 Å². The van der Waals surface area contributed by atoms with Crippen LogP contribution in [0.3, 0.4) is 0 Å². The Labute approximate surface area is 185 Å². The molecule has 0 saturated carbocycles. The minimum Gasteiger partial charge on any atom is -0.493 e. The van der Waals surface area contributed by atoms with Crippen LogP contribution >= 0.6 is 23.2 Å². The van der Waals surface area contributed by atoms with Gasteiger partial charge < -0.3 is 9.47 Å². The topological polar surface area (TPSA) is 59.9 Å². The van der Waals surface area contributed by atoms with Crippen molar-refractivity contribution in [1.82, 2.24) is 5.43 Å². The zero-order valence-electron chi connectivity index (χ0n) is 16.5. The maximum absolute atomic E-state index is 12.2. The molecule has 5 nitrogen and oxygen atoms in total. The molecule has 3 aromatic carbocycles. The molecule has 0 aromatic heterocycles. The van der Waals surface area contributed by atoms with E-state index in [-0.39, 0.29) is 10.6 Å². The van der Waals surface area contributed by atoms with Gasteiger partial charge in [0.05, 0.1) is 23.9 Å². The highest BCUT2D eigenvalue weighted by Crippen LogP contribution is 2.28. The Morgan fingerprint density at radius 3 is 2.50 bits per heavy atom. The normalized spacial score (nSPS) is 10.8. The maximum atomic E-state index is 12.2. The highest BCUT2D eigenvalue weighted by molar-refractivity contribution is 6.36. The van der Waals surface area contributed by atoms with Crippen molar-refractivity contribution in [3.63, 3.8) is 0 Å². The van der Waals surface area contributed by atoms with Crippen molar-refractivity contribution in [1.29, 1.82) is 0 Å². The third kappa shape index (κ3) is 5.75. The van der Waals surface area contributed by atoms with Crippen LogP contribution in [-0.2, 0) is 6.61 Å². The lowest BCUT2D eigenvalue weighted by molar-refractivity contribution is 0.0955. The first-order valence-corrected chi connectivity index (χ1v) is 9.86. The van der Waals surface area contributed by atoms with Crippen molar-refractivity contribution in [3.05, 3.63) is 93.0 Å². The minimum absolute atomic E-state index is 0.256. The predicted octanol–water partition coefficient (Wildman–Crippen LogP) is 5.65. The Kier molecular flexibility index (Phi) is 7.33. The zero-order chi connectivity index (χ0) is 21.5. The van der Waals surface area contributed by atoms with Crippen LogP contribution in [0.15, 0.2) is 65.8 Å². The number of ether oxygens (including phenoxy) is 2. The number of hydrazone groups is 1. The number of halogens is 2. The lowest BCUT2D eigenvalue weighted by Crippen LogP contribution is -2.18. The first-order chi connectivity index (χ1) is 14.5. The molecule has 0 heterocycles. The molecule has 0 unspecified atom stereocenters. The average molecular weight is 443 g/mol. The van der Waals surface area contributed by atoms with Crippen molar-refractivity contribution < 1.29 is 14.3 Å². The predicted molar refractivity (Wildman–Crippen MR) is 120 cm³/mol. The third-order valence-corrected chi connectivity index (χ3v) is 4.81. The molecule has 30 heavy (non-hydrogen) atoms. The number of hydrogen-bond acceptors (Lipinski definition) is 4. The van der Waals surface area contributed by atoms with E-state index in [4.69, 9.17) is 32.7 Å². The highest BCUT2D eigenvalue weighted by atomic mass is 35.5. The van der Waals surface area contributed by atoms with E-state index in [0.717, 1.165) is 11.1 Å². The van der Waals surface area contributed by atoms with Gasteiger partial charge >= 0.3 is 0 Å². The Bertz CT molecular complexity index is 1070. The van der Waals surface area contributed by atoms with Gasteiger partial charge in [-0.3, -0.25) is 4.79 Å². The highest BCUT2D eigenvalue weighted by Gasteiger charge is 2.10. The molecular formula is C23H20Cl2N2O3. The molecule has 3 aromatic rings. The van der Waals surface area contributed by atoms with Gasteiger partial charge in [-0.1, -0.05) is 53.0 Å². The Hall–Kier alpha value is -3.02. The second-order valence-corrected chi connectivity index (χ2v) is 7.35. The monoisotopic (exact) mass is 442 g/mol. The maximum Gasteiger partial charge on any atom is 0.272 e. The molecule has 1 amide bonds. The molecule has 1 N–H and O–H groups in total. The molecule has 3 rings (SSSR count). The quantitative estimate of drug-likeness (QED) is 0.379. The second kappa shape index (κ2) is 10.1. The van der Waals surface area contributed by atoms with Gasteiger partial charge in [0.25, 0.3) is 5.91 Å². The molecule has 0 aliphatic carbocycles. The molecule has 154 valence electrons. The number of amides is 1. The smallest absolute Gasteiger partial charge is 0.272 e. The lowest BCUT2D eigenvalue weighted by Gasteiger charge is -2.11. The lowest BCUT2D eigenvalue weighted by atomic mass is 10.2. The van der Waals surface area contributed by atoms with Gasteiger partial charge in [0.1, 0.15) is 6.61 Å². The Morgan fingerprint density at radius 1 is 1.03 bits per heavy atom. The van der Waals surface area contributed by atoms with Gasteiger partial charge in [-0.2, -0.15) is 5.10 Å². The molecule has 0 fully saturated rings. The van der Waals surface area contributed by atoms with Crippen molar-refractivity contribution in [2.75, 3.05) is 7.11 Å². The van der Waals surface area contributed by atoms with Crippen molar-refractivity contribution >= 4 is 35.3 Å². The zero-order valence-corrected chi connectivity index (χ0v) is 18.0. The van der Waals surface area contributed by atoms with Crippen LogP contribution < -0.4 is 14.9 Å². The summed E-state index contributed by atoms with van der Waals surface area (Å²) in [6, 6.07) is 18.2. The first kappa shape index (κ1) is 21.7. The van der Waals surface area contributed by atoms with Gasteiger partial charge in [-0.05, 0) is 54.4 Å². The van der Waals surface area contributed by atoms with Gasteiger partial charge in [-0.25, -0.2) is 5.43 Å². The number of benzene rings is 3. The molecule has 7 heteroatoms. The SMILES string of the molecule is COc1cc(/C=N\NC(=O)c2ccc(Cl)cc2Cl)ccc1OCc1ccc(C)cc1. The fraction of sp³-hybridized carbons (Fsp3) is 0.130. The standard InChI is InChI=1S/C23H20Cl2N2O3/c1-15-3-5-16(6-4-15)14-30-21-10-7-17(11-22(21)29-2)13-26-27-23(28)19-9-8-18(24)12-20(19)25/h3-13H,14H2,1-2H3,(H,27,28)/b26-13-. The number of rotatable bonds is 7. The van der Waals surface area contributed by atoms with Crippen LogP contribution in [0, 0.1) is 6.92 Å². The molecular weight excluding hydrogens is 423 g/mol. The van der Waals surface area contributed by atoms with Crippen LogP contribution in [0.25, 0.3) is 0 Å².